The molecule has 0 unspecified atom stereocenters. The molecule has 8 nitrogen and oxygen atoms in total. The number of aryl methyl sites for hydroxylation is 1. The Morgan fingerprint density at radius 1 is 1.11 bits per heavy atom. The van der Waals surface area contributed by atoms with Crippen molar-refractivity contribution in [1.29, 1.82) is 0 Å². The summed E-state index contributed by atoms with van der Waals surface area (Å²) >= 11 is 0. The number of carbonyl (C=O) groups excluding carboxylic acids is 2. The average Bonchev–Trinajstić information content (AvgIpc) is 3.35. The van der Waals surface area contributed by atoms with Gasteiger partial charge in [0, 0.05) is 42.5 Å². The van der Waals surface area contributed by atoms with Crippen molar-refractivity contribution in [2.24, 2.45) is 0 Å². The molecule has 1 atom stereocenters. The lowest BCUT2D eigenvalue weighted by atomic mass is 9.92. The minimum atomic E-state index is -0.590. The van der Waals surface area contributed by atoms with Crippen molar-refractivity contribution in [2.45, 2.75) is 65.1 Å². The average molecular weight is 522 g/mol. The van der Waals surface area contributed by atoms with Gasteiger partial charge in [0.1, 0.15) is 11.4 Å². The molecule has 0 radical (unpaired) electrons. The number of likely N-dealkylation sites (tertiary alicyclic amines) is 1. The number of anilines is 1. The SMILES string of the molecule is CNc1cc([C@H]2CCCCN2Cc2c(OC)cc(C)c3c2ccn3C(=O)OC(C)(C)C)ccc1C(=O)OC. The van der Waals surface area contributed by atoms with Crippen LogP contribution in [0.2, 0.25) is 0 Å². The third kappa shape index (κ3) is 5.50. The standard InChI is InChI=1S/C30H39N3O5/c1-19-16-26(36-6)23(21-13-15-33(27(19)21)29(35)38-30(2,3)4)18-32-14-9-8-10-25(32)20-11-12-22(28(34)37-7)24(17-20)31-5/h11-13,15-17,25,31H,8-10,14,18H2,1-7H3/t25-/m1/s1. The number of carbonyl (C=O) groups is 2. The number of nitrogens with zero attached hydrogens (tertiary/aromatic N) is 2. The summed E-state index contributed by atoms with van der Waals surface area (Å²) in [7, 11) is 4.89. The molecule has 1 saturated heterocycles. The van der Waals surface area contributed by atoms with Gasteiger partial charge >= 0.3 is 12.1 Å². The molecule has 0 bridgehead atoms. The number of hydrogen-bond donors (Lipinski definition) is 1. The van der Waals surface area contributed by atoms with E-state index in [4.69, 9.17) is 14.2 Å². The molecule has 0 aliphatic carbocycles. The number of nitrogens with one attached hydrogen (secondary N) is 1. The maximum Gasteiger partial charge on any atom is 0.419 e. The number of benzene rings is 2. The van der Waals surface area contributed by atoms with E-state index < -0.39 is 11.7 Å². The molecule has 8 heteroatoms. The Labute approximate surface area is 224 Å². The minimum absolute atomic E-state index is 0.177. The maximum absolute atomic E-state index is 13.0. The zero-order valence-electron chi connectivity index (χ0n) is 23.5. The second-order valence-electron chi connectivity index (χ2n) is 10.8. The van der Waals surface area contributed by atoms with E-state index in [0.29, 0.717) is 12.1 Å². The fourth-order valence-corrected chi connectivity index (χ4v) is 5.40. The predicted molar refractivity (Wildman–Crippen MR) is 149 cm³/mol. The van der Waals surface area contributed by atoms with Gasteiger partial charge in [-0.05, 0) is 82.5 Å². The first-order valence-corrected chi connectivity index (χ1v) is 13.1. The fourth-order valence-electron chi connectivity index (χ4n) is 5.40. The molecule has 204 valence electrons. The number of rotatable bonds is 6. The lowest BCUT2D eigenvalue weighted by molar-refractivity contribution is 0.0542. The van der Waals surface area contributed by atoms with Crippen LogP contribution < -0.4 is 10.1 Å². The summed E-state index contributed by atoms with van der Waals surface area (Å²) in [5.74, 6) is 0.445. The van der Waals surface area contributed by atoms with E-state index in [1.807, 2.05) is 59.0 Å². The Bertz CT molecular complexity index is 1340. The van der Waals surface area contributed by atoms with Crippen molar-refractivity contribution in [3.05, 3.63) is 58.8 Å². The normalized spacial score (nSPS) is 16.3. The van der Waals surface area contributed by atoms with Gasteiger partial charge in [-0.15, -0.1) is 0 Å². The Morgan fingerprint density at radius 2 is 1.87 bits per heavy atom. The molecule has 2 aromatic carbocycles. The molecule has 1 fully saturated rings. The van der Waals surface area contributed by atoms with Crippen LogP contribution in [0.3, 0.4) is 0 Å². The van der Waals surface area contributed by atoms with Crippen LogP contribution >= 0.6 is 0 Å². The molecule has 1 aliphatic heterocycles. The summed E-state index contributed by atoms with van der Waals surface area (Å²) < 4.78 is 18.1. The van der Waals surface area contributed by atoms with Crippen LogP contribution in [0, 0.1) is 6.92 Å². The number of methoxy groups -OCH3 is 2. The highest BCUT2D eigenvalue weighted by molar-refractivity contribution is 5.96. The van der Waals surface area contributed by atoms with Gasteiger partial charge in [-0.2, -0.15) is 0 Å². The highest BCUT2D eigenvalue weighted by Crippen LogP contribution is 2.38. The predicted octanol–water partition coefficient (Wildman–Crippen LogP) is 6.30. The Kier molecular flexibility index (Phi) is 8.02. The van der Waals surface area contributed by atoms with Crippen LogP contribution in [0.5, 0.6) is 5.75 Å². The van der Waals surface area contributed by atoms with Gasteiger partial charge in [0.05, 0.1) is 25.3 Å². The van der Waals surface area contributed by atoms with Crippen LogP contribution in [-0.2, 0) is 16.0 Å². The molecule has 1 N–H and O–H groups in total. The molecule has 4 rings (SSSR count). The van der Waals surface area contributed by atoms with E-state index in [9.17, 15) is 9.59 Å². The molecule has 0 amide bonds. The number of ether oxygens (including phenoxy) is 3. The first-order chi connectivity index (χ1) is 18.1. The van der Waals surface area contributed by atoms with Gasteiger partial charge in [-0.1, -0.05) is 12.5 Å². The summed E-state index contributed by atoms with van der Waals surface area (Å²) in [5, 5.41) is 4.13. The smallest absolute Gasteiger partial charge is 0.419 e. The molecule has 0 spiro atoms. The minimum Gasteiger partial charge on any atom is -0.496 e. The number of aromatic nitrogens is 1. The summed E-state index contributed by atoms with van der Waals surface area (Å²) in [4.78, 5) is 27.7. The molecular formula is C30H39N3O5. The van der Waals surface area contributed by atoms with Crippen molar-refractivity contribution in [3.63, 3.8) is 0 Å². The summed E-state index contributed by atoms with van der Waals surface area (Å²) in [5.41, 5.74) is 4.66. The second-order valence-corrected chi connectivity index (χ2v) is 10.8. The van der Waals surface area contributed by atoms with E-state index in [-0.39, 0.29) is 12.0 Å². The van der Waals surface area contributed by atoms with E-state index in [1.165, 1.54) is 7.11 Å². The van der Waals surface area contributed by atoms with Crippen LogP contribution in [0.25, 0.3) is 10.9 Å². The third-order valence-corrected chi connectivity index (χ3v) is 7.12. The summed E-state index contributed by atoms with van der Waals surface area (Å²) in [6, 6.07) is 10.1. The molecule has 1 aromatic heterocycles. The highest BCUT2D eigenvalue weighted by atomic mass is 16.6. The molecule has 2 heterocycles. The molecular weight excluding hydrogens is 482 g/mol. The van der Waals surface area contributed by atoms with E-state index in [1.54, 1.807) is 17.9 Å². The Balaban J connectivity index is 1.73. The number of esters is 1. The van der Waals surface area contributed by atoms with Crippen molar-refractivity contribution >= 4 is 28.7 Å². The highest BCUT2D eigenvalue weighted by Gasteiger charge is 2.28. The van der Waals surface area contributed by atoms with Crippen LogP contribution in [0.15, 0.2) is 36.5 Å². The monoisotopic (exact) mass is 521 g/mol. The van der Waals surface area contributed by atoms with Gasteiger partial charge in [0.15, 0.2) is 0 Å². The molecule has 38 heavy (non-hydrogen) atoms. The lowest BCUT2D eigenvalue weighted by Gasteiger charge is -2.37. The van der Waals surface area contributed by atoms with Gasteiger partial charge in [-0.25, -0.2) is 9.59 Å². The third-order valence-electron chi connectivity index (χ3n) is 7.12. The number of hydrogen-bond acceptors (Lipinski definition) is 7. The van der Waals surface area contributed by atoms with E-state index >= 15 is 0 Å². The molecule has 3 aromatic rings. The van der Waals surface area contributed by atoms with Crippen molar-refractivity contribution in [1.82, 2.24) is 9.47 Å². The molecule has 0 saturated carbocycles. The first kappa shape index (κ1) is 27.5. The van der Waals surface area contributed by atoms with E-state index in [2.05, 4.69) is 16.3 Å². The lowest BCUT2D eigenvalue weighted by Crippen LogP contribution is -2.33. The van der Waals surface area contributed by atoms with Crippen LogP contribution in [0.4, 0.5) is 10.5 Å². The Hall–Kier alpha value is -3.52. The first-order valence-electron chi connectivity index (χ1n) is 13.1. The zero-order valence-corrected chi connectivity index (χ0v) is 23.5. The second kappa shape index (κ2) is 11.1. The van der Waals surface area contributed by atoms with Crippen molar-refractivity contribution < 1.29 is 23.8 Å². The number of fused-ring (bicyclic) bond motifs is 1. The molecule has 1 aliphatic rings. The van der Waals surface area contributed by atoms with Gasteiger partial charge in [-0.3, -0.25) is 9.47 Å². The zero-order chi connectivity index (χ0) is 27.6. The topological polar surface area (TPSA) is 82.0 Å². The van der Waals surface area contributed by atoms with E-state index in [0.717, 1.165) is 64.8 Å². The Morgan fingerprint density at radius 3 is 2.53 bits per heavy atom. The maximum atomic E-state index is 13.0. The largest absolute Gasteiger partial charge is 0.496 e. The van der Waals surface area contributed by atoms with Gasteiger partial charge in [0.2, 0.25) is 0 Å². The van der Waals surface area contributed by atoms with Gasteiger partial charge < -0.3 is 19.5 Å². The summed E-state index contributed by atoms with van der Waals surface area (Å²) in [6.07, 6.45) is 4.63. The fraction of sp³-hybridized carbons (Fsp3) is 0.467. The van der Waals surface area contributed by atoms with Crippen LogP contribution in [-0.4, -0.2) is 54.9 Å². The quantitative estimate of drug-likeness (QED) is 0.381. The van der Waals surface area contributed by atoms with Crippen molar-refractivity contribution in [2.75, 3.05) is 33.1 Å². The van der Waals surface area contributed by atoms with Crippen LogP contribution in [0.1, 0.15) is 73.1 Å². The van der Waals surface area contributed by atoms with Gasteiger partial charge in [0.25, 0.3) is 0 Å². The number of piperidine rings is 1. The van der Waals surface area contributed by atoms with Crippen molar-refractivity contribution in [3.8, 4) is 5.75 Å². The summed E-state index contributed by atoms with van der Waals surface area (Å²) in [6.45, 7) is 9.18.